The Hall–Kier alpha value is -1.10. The Balaban J connectivity index is 2.69. The van der Waals surface area contributed by atoms with Crippen molar-refractivity contribution < 1.29 is 19.4 Å². The maximum absolute atomic E-state index is 11.8. The number of carboxylic acid groups (broad SMARTS) is 1. The number of methoxy groups -OCH3 is 1. The van der Waals surface area contributed by atoms with Crippen LogP contribution in [0.15, 0.2) is 0 Å². The van der Waals surface area contributed by atoms with Crippen LogP contribution in [0.1, 0.15) is 26.7 Å². The molecule has 0 radical (unpaired) electrons. The van der Waals surface area contributed by atoms with Crippen molar-refractivity contribution in [2.24, 2.45) is 5.92 Å². The van der Waals surface area contributed by atoms with E-state index in [0.717, 1.165) is 0 Å². The van der Waals surface area contributed by atoms with Crippen molar-refractivity contribution in [3.05, 3.63) is 0 Å². The van der Waals surface area contributed by atoms with Gasteiger partial charge >= 0.3 is 5.97 Å². The molecule has 1 saturated heterocycles. The largest absolute Gasteiger partial charge is 0.480 e. The number of carbonyl (C=O) groups excluding carboxylic acids is 1. The fourth-order valence-corrected chi connectivity index (χ4v) is 1.94. The lowest BCUT2D eigenvalue weighted by Crippen LogP contribution is -2.41. The predicted octanol–water partition coefficient (Wildman–Crippen LogP) is 0.733. The number of rotatable bonds is 4. The van der Waals surface area contributed by atoms with Crippen molar-refractivity contribution in [1.82, 2.24) is 4.90 Å². The first-order chi connectivity index (χ1) is 7.45. The van der Waals surface area contributed by atoms with E-state index in [1.807, 2.05) is 13.8 Å². The maximum atomic E-state index is 11.8. The molecule has 1 aliphatic rings. The zero-order chi connectivity index (χ0) is 12.3. The number of nitrogens with zero attached hydrogens (tertiary/aromatic N) is 1. The van der Waals surface area contributed by atoms with Crippen molar-refractivity contribution in [3.8, 4) is 0 Å². The molecule has 1 aliphatic heterocycles. The van der Waals surface area contributed by atoms with Crippen molar-refractivity contribution in [2.75, 3.05) is 13.7 Å². The van der Waals surface area contributed by atoms with E-state index < -0.39 is 12.0 Å². The van der Waals surface area contributed by atoms with Gasteiger partial charge in [0.05, 0.1) is 6.10 Å². The predicted molar refractivity (Wildman–Crippen MR) is 58.0 cm³/mol. The van der Waals surface area contributed by atoms with Gasteiger partial charge in [0, 0.05) is 26.5 Å². The lowest BCUT2D eigenvalue weighted by atomic mass is 10.1. The second-order valence-corrected chi connectivity index (χ2v) is 4.59. The number of hydrogen-bond acceptors (Lipinski definition) is 3. The third-order valence-electron chi connectivity index (χ3n) is 2.78. The van der Waals surface area contributed by atoms with Crippen LogP contribution in [0, 0.1) is 5.92 Å². The number of likely N-dealkylation sites (tertiary alicyclic amines) is 1. The van der Waals surface area contributed by atoms with Crippen LogP contribution in [0.5, 0.6) is 0 Å². The highest BCUT2D eigenvalue weighted by Crippen LogP contribution is 2.22. The van der Waals surface area contributed by atoms with Gasteiger partial charge < -0.3 is 14.7 Å². The van der Waals surface area contributed by atoms with E-state index >= 15 is 0 Å². The molecule has 1 rings (SSSR count). The summed E-state index contributed by atoms with van der Waals surface area (Å²) in [5, 5.41) is 9.03. The molecule has 2 unspecified atom stereocenters. The highest BCUT2D eigenvalue weighted by atomic mass is 16.5. The third kappa shape index (κ3) is 2.95. The van der Waals surface area contributed by atoms with Gasteiger partial charge in [-0.3, -0.25) is 4.79 Å². The average Bonchev–Trinajstić information content (AvgIpc) is 2.60. The normalized spacial score (nSPS) is 25.1. The molecule has 1 heterocycles. The van der Waals surface area contributed by atoms with Crippen LogP contribution >= 0.6 is 0 Å². The lowest BCUT2D eigenvalue weighted by Gasteiger charge is -2.22. The molecule has 16 heavy (non-hydrogen) atoms. The molecule has 1 N–H and O–H groups in total. The summed E-state index contributed by atoms with van der Waals surface area (Å²) in [6, 6.07) is -0.726. The van der Waals surface area contributed by atoms with Crippen LogP contribution in [0.2, 0.25) is 0 Å². The van der Waals surface area contributed by atoms with E-state index in [9.17, 15) is 9.59 Å². The molecular weight excluding hydrogens is 210 g/mol. The summed E-state index contributed by atoms with van der Waals surface area (Å²) in [6.07, 6.45) is 0.618. The molecule has 0 aromatic carbocycles. The van der Waals surface area contributed by atoms with Crippen molar-refractivity contribution in [2.45, 2.75) is 38.8 Å². The molecule has 5 nitrogen and oxygen atoms in total. The molecule has 2 atom stereocenters. The fraction of sp³-hybridized carbons (Fsp3) is 0.818. The minimum absolute atomic E-state index is 0.0954. The average molecular weight is 229 g/mol. The lowest BCUT2D eigenvalue weighted by molar-refractivity contribution is -0.148. The van der Waals surface area contributed by atoms with Gasteiger partial charge in [0.25, 0.3) is 0 Å². The minimum Gasteiger partial charge on any atom is -0.480 e. The van der Waals surface area contributed by atoms with Crippen LogP contribution in [-0.4, -0.2) is 47.7 Å². The Kier molecular flexibility index (Phi) is 4.29. The summed E-state index contributed by atoms with van der Waals surface area (Å²) in [7, 11) is 1.54. The van der Waals surface area contributed by atoms with Gasteiger partial charge in [0.15, 0.2) is 0 Å². The van der Waals surface area contributed by atoms with E-state index in [1.54, 1.807) is 7.11 Å². The van der Waals surface area contributed by atoms with Gasteiger partial charge in [-0.2, -0.15) is 0 Å². The van der Waals surface area contributed by atoms with E-state index in [-0.39, 0.29) is 17.9 Å². The summed E-state index contributed by atoms with van der Waals surface area (Å²) in [4.78, 5) is 24.3. The monoisotopic (exact) mass is 229 g/mol. The summed E-state index contributed by atoms with van der Waals surface area (Å²) in [6.45, 7) is 4.27. The second-order valence-electron chi connectivity index (χ2n) is 4.59. The Morgan fingerprint density at radius 1 is 1.50 bits per heavy atom. The maximum Gasteiger partial charge on any atom is 0.326 e. The van der Waals surface area contributed by atoms with Gasteiger partial charge in [0.1, 0.15) is 6.04 Å². The van der Waals surface area contributed by atoms with Crippen molar-refractivity contribution >= 4 is 11.9 Å². The Morgan fingerprint density at radius 3 is 2.56 bits per heavy atom. The van der Waals surface area contributed by atoms with Crippen LogP contribution < -0.4 is 0 Å². The SMILES string of the molecule is COC1CC(C(=O)O)N(C(=O)CC(C)C)C1. The molecular formula is C11H19NO4. The van der Waals surface area contributed by atoms with Crippen LogP contribution in [0.4, 0.5) is 0 Å². The summed E-state index contributed by atoms with van der Waals surface area (Å²) >= 11 is 0. The van der Waals surface area contributed by atoms with Gasteiger partial charge in [-0.25, -0.2) is 4.79 Å². The molecule has 1 fully saturated rings. The fourth-order valence-electron chi connectivity index (χ4n) is 1.94. The molecule has 0 aromatic heterocycles. The van der Waals surface area contributed by atoms with Gasteiger partial charge in [-0.1, -0.05) is 13.8 Å². The standard InChI is InChI=1S/C11H19NO4/c1-7(2)4-10(13)12-6-8(16-3)5-9(12)11(14)15/h7-9H,4-6H2,1-3H3,(H,14,15). The molecule has 0 bridgehead atoms. The molecule has 0 aliphatic carbocycles. The Morgan fingerprint density at radius 2 is 2.12 bits per heavy atom. The number of aliphatic carboxylic acids is 1. The van der Waals surface area contributed by atoms with E-state index in [1.165, 1.54) is 4.90 Å². The molecule has 0 saturated carbocycles. The molecule has 5 heteroatoms. The summed E-state index contributed by atoms with van der Waals surface area (Å²) in [5.41, 5.74) is 0. The highest BCUT2D eigenvalue weighted by Gasteiger charge is 2.39. The molecule has 0 spiro atoms. The number of ether oxygens (including phenoxy) is 1. The second kappa shape index (κ2) is 5.30. The highest BCUT2D eigenvalue weighted by molar-refractivity contribution is 5.84. The van der Waals surface area contributed by atoms with Gasteiger partial charge in [0.2, 0.25) is 5.91 Å². The molecule has 0 aromatic rings. The van der Waals surface area contributed by atoms with Crippen LogP contribution in [-0.2, 0) is 14.3 Å². The minimum atomic E-state index is -0.948. The Bertz CT molecular complexity index is 277. The zero-order valence-corrected chi connectivity index (χ0v) is 9.97. The number of hydrogen-bond donors (Lipinski definition) is 1. The van der Waals surface area contributed by atoms with E-state index in [4.69, 9.17) is 9.84 Å². The van der Waals surface area contributed by atoms with Crippen molar-refractivity contribution in [3.63, 3.8) is 0 Å². The topological polar surface area (TPSA) is 66.8 Å². The smallest absolute Gasteiger partial charge is 0.326 e. The zero-order valence-electron chi connectivity index (χ0n) is 9.97. The Labute approximate surface area is 95.4 Å². The van der Waals surface area contributed by atoms with Crippen LogP contribution in [0.25, 0.3) is 0 Å². The van der Waals surface area contributed by atoms with E-state index in [2.05, 4.69) is 0 Å². The third-order valence-corrected chi connectivity index (χ3v) is 2.78. The van der Waals surface area contributed by atoms with Crippen LogP contribution in [0.3, 0.4) is 0 Å². The molecule has 92 valence electrons. The van der Waals surface area contributed by atoms with Gasteiger partial charge in [-0.05, 0) is 5.92 Å². The summed E-state index contributed by atoms with van der Waals surface area (Å²) < 4.78 is 5.12. The molecule has 1 amide bonds. The van der Waals surface area contributed by atoms with Gasteiger partial charge in [-0.15, -0.1) is 0 Å². The number of carbonyl (C=O) groups is 2. The first kappa shape index (κ1) is 13.0. The first-order valence-electron chi connectivity index (χ1n) is 5.50. The van der Waals surface area contributed by atoms with E-state index in [0.29, 0.717) is 19.4 Å². The summed E-state index contributed by atoms with van der Waals surface area (Å²) in [5.74, 6) is -0.804. The first-order valence-corrected chi connectivity index (χ1v) is 5.50. The van der Waals surface area contributed by atoms with Crippen molar-refractivity contribution in [1.29, 1.82) is 0 Å². The number of amides is 1. The number of carboxylic acids is 1. The quantitative estimate of drug-likeness (QED) is 0.771.